The molecule has 0 spiro atoms. The van der Waals surface area contributed by atoms with E-state index in [9.17, 15) is 5.11 Å². The van der Waals surface area contributed by atoms with E-state index in [2.05, 4.69) is 24.0 Å². The fraction of sp³-hybridized carbons (Fsp3) is 0.833. The highest BCUT2D eigenvalue weighted by molar-refractivity contribution is 5.02. The molecule has 2 heteroatoms. The van der Waals surface area contributed by atoms with E-state index in [0.717, 1.165) is 0 Å². The molecule has 1 fully saturated rings. The van der Waals surface area contributed by atoms with Gasteiger partial charge >= 0.3 is 0 Å². The van der Waals surface area contributed by atoms with Crippen molar-refractivity contribution in [3.05, 3.63) is 12.2 Å². The molecule has 0 radical (unpaired) electrons. The zero-order valence-electron chi connectivity index (χ0n) is 9.02. The summed E-state index contributed by atoms with van der Waals surface area (Å²) in [7, 11) is 0. The molecule has 1 N–H and O–H groups in total. The summed E-state index contributed by atoms with van der Waals surface area (Å²) < 4.78 is 0. The summed E-state index contributed by atoms with van der Waals surface area (Å²) in [5.41, 5.74) is 0. The lowest BCUT2D eigenvalue weighted by molar-refractivity contribution is 0.113. The normalized spacial score (nSPS) is 39.1. The molecule has 2 rings (SSSR count). The SMILES string of the molecule is CC1CCN(C2C=CCCC2)C1CO. The molecule has 0 bridgehead atoms. The Bertz CT molecular complexity index is 214. The summed E-state index contributed by atoms with van der Waals surface area (Å²) in [5, 5.41) is 9.37. The molecule has 0 aromatic rings. The zero-order chi connectivity index (χ0) is 9.97. The quantitative estimate of drug-likeness (QED) is 0.679. The second-order valence-corrected chi connectivity index (χ2v) is 4.68. The molecule has 80 valence electrons. The molecule has 3 atom stereocenters. The Balaban J connectivity index is 2.02. The summed E-state index contributed by atoms with van der Waals surface area (Å²) in [5.74, 6) is 0.662. The molecular formula is C12H21NO. The van der Waals surface area contributed by atoms with Crippen molar-refractivity contribution in [3.63, 3.8) is 0 Å². The van der Waals surface area contributed by atoms with E-state index < -0.39 is 0 Å². The monoisotopic (exact) mass is 195 g/mol. The second-order valence-electron chi connectivity index (χ2n) is 4.68. The summed E-state index contributed by atoms with van der Waals surface area (Å²) in [6.07, 6.45) is 9.71. The van der Waals surface area contributed by atoms with Crippen LogP contribution in [0.1, 0.15) is 32.6 Å². The number of hydrogen-bond donors (Lipinski definition) is 1. The van der Waals surface area contributed by atoms with Crippen LogP contribution in [-0.2, 0) is 0 Å². The van der Waals surface area contributed by atoms with Gasteiger partial charge in [0.1, 0.15) is 0 Å². The van der Waals surface area contributed by atoms with Crippen molar-refractivity contribution < 1.29 is 5.11 Å². The predicted octanol–water partition coefficient (Wildman–Crippen LogP) is 1.80. The molecule has 2 aliphatic rings. The maximum atomic E-state index is 9.37. The molecule has 1 heterocycles. The summed E-state index contributed by atoms with van der Waals surface area (Å²) in [6.45, 7) is 3.75. The maximum Gasteiger partial charge on any atom is 0.0589 e. The molecule has 0 aromatic carbocycles. The van der Waals surface area contributed by atoms with Crippen LogP contribution in [0.5, 0.6) is 0 Å². The van der Waals surface area contributed by atoms with Crippen LogP contribution in [0.15, 0.2) is 12.2 Å². The molecule has 1 saturated heterocycles. The molecule has 2 nitrogen and oxygen atoms in total. The van der Waals surface area contributed by atoms with Gasteiger partial charge in [0, 0.05) is 12.1 Å². The topological polar surface area (TPSA) is 23.5 Å². The fourth-order valence-electron chi connectivity index (χ4n) is 2.81. The van der Waals surface area contributed by atoms with Crippen LogP contribution in [0, 0.1) is 5.92 Å². The van der Waals surface area contributed by atoms with Crippen LogP contribution in [0.2, 0.25) is 0 Å². The van der Waals surface area contributed by atoms with E-state index in [-0.39, 0.29) is 0 Å². The van der Waals surface area contributed by atoms with E-state index in [1.807, 2.05) is 0 Å². The van der Waals surface area contributed by atoms with Gasteiger partial charge in [-0.3, -0.25) is 4.90 Å². The largest absolute Gasteiger partial charge is 0.395 e. The molecule has 0 saturated carbocycles. The molecule has 3 unspecified atom stereocenters. The molecule has 0 aromatic heterocycles. The standard InChI is InChI=1S/C12H21NO/c1-10-7-8-13(12(10)9-14)11-5-3-2-4-6-11/h3,5,10-12,14H,2,4,6-9H2,1H3. The van der Waals surface area contributed by atoms with E-state index in [1.54, 1.807) is 0 Å². The average Bonchev–Trinajstić information content (AvgIpc) is 2.61. The molecule has 1 aliphatic carbocycles. The number of aliphatic hydroxyl groups excluding tert-OH is 1. The van der Waals surface area contributed by atoms with E-state index >= 15 is 0 Å². The van der Waals surface area contributed by atoms with Crippen LogP contribution < -0.4 is 0 Å². The van der Waals surface area contributed by atoms with Crippen molar-refractivity contribution in [2.45, 2.75) is 44.7 Å². The summed E-state index contributed by atoms with van der Waals surface area (Å²) >= 11 is 0. The van der Waals surface area contributed by atoms with Crippen molar-refractivity contribution in [1.29, 1.82) is 0 Å². The lowest BCUT2D eigenvalue weighted by atomic mass is 9.99. The third-order valence-electron chi connectivity index (χ3n) is 3.77. The zero-order valence-corrected chi connectivity index (χ0v) is 9.02. The lowest BCUT2D eigenvalue weighted by Gasteiger charge is -2.33. The molecule has 1 aliphatic heterocycles. The molecule has 14 heavy (non-hydrogen) atoms. The Hall–Kier alpha value is -0.340. The highest BCUT2D eigenvalue weighted by Gasteiger charge is 2.34. The smallest absolute Gasteiger partial charge is 0.0589 e. The van der Waals surface area contributed by atoms with Gasteiger partial charge in [0.25, 0.3) is 0 Å². The summed E-state index contributed by atoms with van der Waals surface area (Å²) in [6, 6.07) is 1.01. The van der Waals surface area contributed by atoms with Crippen molar-refractivity contribution >= 4 is 0 Å². The van der Waals surface area contributed by atoms with Crippen molar-refractivity contribution in [3.8, 4) is 0 Å². The van der Waals surface area contributed by atoms with Crippen molar-refractivity contribution in [1.82, 2.24) is 4.90 Å². The fourth-order valence-corrected chi connectivity index (χ4v) is 2.81. The third-order valence-corrected chi connectivity index (χ3v) is 3.77. The van der Waals surface area contributed by atoms with Gasteiger partial charge in [-0.2, -0.15) is 0 Å². The number of rotatable bonds is 2. The van der Waals surface area contributed by atoms with Gasteiger partial charge in [0.05, 0.1) is 6.61 Å². The molecule has 0 amide bonds. The first-order chi connectivity index (χ1) is 6.83. The number of aliphatic hydroxyl groups is 1. The first kappa shape index (κ1) is 10.2. The Morgan fingerprint density at radius 1 is 1.43 bits per heavy atom. The van der Waals surface area contributed by atoms with Crippen LogP contribution in [0.25, 0.3) is 0 Å². The Morgan fingerprint density at radius 3 is 2.93 bits per heavy atom. The maximum absolute atomic E-state index is 9.37. The van der Waals surface area contributed by atoms with Gasteiger partial charge in [0.2, 0.25) is 0 Å². The van der Waals surface area contributed by atoms with Gasteiger partial charge in [-0.05, 0) is 38.1 Å². The van der Waals surface area contributed by atoms with Crippen molar-refractivity contribution in [2.75, 3.05) is 13.2 Å². The highest BCUT2D eigenvalue weighted by atomic mass is 16.3. The van der Waals surface area contributed by atoms with Crippen LogP contribution in [-0.4, -0.2) is 35.2 Å². The average molecular weight is 195 g/mol. The number of likely N-dealkylation sites (tertiary alicyclic amines) is 1. The van der Waals surface area contributed by atoms with Gasteiger partial charge in [-0.25, -0.2) is 0 Å². The lowest BCUT2D eigenvalue weighted by Crippen LogP contribution is -2.42. The van der Waals surface area contributed by atoms with Gasteiger partial charge in [0.15, 0.2) is 0 Å². The Kier molecular flexibility index (Phi) is 3.24. The first-order valence-electron chi connectivity index (χ1n) is 5.86. The van der Waals surface area contributed by atoms with Crippen molar-refractivity contribution in [2.24, 2.45) is 5.92 Å². The second kappa shape index (κ2) is 4.45. The third kappa shape index (κ3) is 1.86. The predicted molar refractivity (Wildman–Crippen MR) is 58.1 cm³/mol. The van der Waals surface area contributed by atoms with E-state index in [4.69, 9.17) is 0 Å². The minimum Gasteiger partial charge on any atom is -0.395 e. The van der Waals surface area contributed by atoms with Crippen LogP contribution in [0.4, 0.5) is 0 Å². The summed E-state index contributed by atoms with van der Waals surface area (Å²) in [4.78, 5) is 2.50. The van der Waals surface area contributed by atoms with Crippen LogP contribution in [0.3, 0.4) is 0 Å². The highest BCUT2D eigenvalue weighted by Crippen LogP contribution is 2.29. The Morgan fingerprint density at radius 2 is 2.29 bits per heavy atom. The number of hydrogen-bond acceptors (Lipinski definition) is 2. The van der Waals surface area contributed by atoms with E-state index in [0.29, 0.717) is 24.6 Å². The minimum absolute atomic E-state index is 0.325. The first-order valence-corrected chi connectivity index (χ1v) is 5.86. The minimum atomic E-state index is 0.325. The van der Waals surface area contributed by atoms with Gasteiger partial charge in [-0.1, -0.05) is 19.1 Å². The van der Waals surface area contributed by atoms with Gasteiger partial charge < -0.3 is 5.11 Å². The Labute approximate surface area is 86.6 Å². The molecular weight excluding hydrogens is 174 g/mol. The van der Waals surface area contributed by atoms with Gasteiger partial charge in [-0.15, -0.1) is 0 Å². The van der Waals surface area contributed by atoms with E-state index in [1.165, 1.54) is 32.2 Å². The number of nitrogens with zero attached hydrogens (tertiary/aromatic N) is 1. The van der Waals surface area contributed by atoms with Crippen LogP contribution >= 0.6 is 0 Å². The number of allylic oxidation sites excluding steroid dienone is 1.